The van der Waals surface area contributed by atoms with Crippen LogP contribution in [0.3, 0.4) is 0 Å². The first-order chi connectivity index (χ1) is 16.6. The first-order valence-electron chi connectivity index (χ1n) is 14.3. The third-order valence-electron chi connectivity index (χ3n) is 11.6. The smallest absolute Gasteiger partial charge is 0.0975 e. The van der Waals surface area contributed by atoms with E-state index in [4.69, 9.17) is 4.74 Å². The average Bonchev–Trinajstić information content (AvgIpc) is 3.33. The number of benzene rings is 1. The van der Waals surface area contributed by atoms with E-state index in [1.165, 1.54) is 83.8 Å². The van der Waals surface area contributed by atoms with Crippen molar-refractivity contribution in [2.24, 2.45) is 11.3 Å². The second kappa shape index (κ2) is 7.08. The van der Waals surface area contributed by atoms with Crippen molar-refractivity contribution in [1.82, 2.24) is 9.80 Å². The monoisotopic (exact) mass is 456 g/mol. The molecule has 4 fully saturated rings. The Morgan fingerprint density at radius 1 is 0.941 bits per heavy atom. The number of hydrogen-bond donors (Lipinski definition) is 0. The molecule has 2 unspecified atom stereocenters. The first kappa shape index (κ1) is 20.7. The predicted molar refractivity (Wildman–Crippen MR) is 136 cm³/mol. The van der Waals surface area contributed by atoms with E-state index in [1.54, 1.807) is 22.3 Å². The van der Waals surface area contributed by atoms with Crippen molar-refractivity contribution in [3.05, 3.63) is 58.7 Å². The van der Waals surface area contributed by atoms with Gasteiger partial charge in [0.1, 0.15) is 0 Å². The zero-order chi connectivity index (χ0) is 22.5. The highest BCUT2D eigenvalue weighted by molar-refractivity contribution is 5.47. The van der Waals surface area contributed by atoms with Crippen molar-refractivity contribution in [3.63, 3.8) is 0 Å². The van der Waals surface area contributed by atoms with Crippen molar-refractivity contribution in [2.75, 3.05) is 19.6 Å². The van der Waals surface area contributed by atoms with Gasteiger partial charge in [-0.1, -0.05) is 43.3 Å². The lowest BCUT2D eigenvalue weighted by Crippen LogP contribution is -2.58. The van der Waals surface area contributed by atoms with E-state index in [0.29, 0.717) is 17.4 Å². The minimum Gasteiger partial charge on any atom is -0.359 e. The van der Waals surface area contributed by atoms with Crippen molar-refractivity contribution in [3.8, 4) is 0 Å². The highest BCUT2D eigenvalue weighted by atomic mass is 16.5. The molecule has 2 saturated heterocycles. The summed E-state index contributed by atoms with van der Waals surface area (Å²) in [5.74, 6) is 0.670. The summed E-state index contributed by atoms with van der Waals surface area (Å²) in [4.78, 5) is 5.60. The van der Waals surface area contributed by atoms with Crippen LogP contribution in [-0.2, 0) is 17.7 Å². The topological polar surface area (TPSA) is 15.7 Å². The molecule has 2 saturated carbocycles. The van der Waals surface area contributed by atoms with Gasteiger partial charge >= 0.3 is 0 Å². The van der Waals surface area contributed by atoms with E-state index in [1.807, 2.05) is 0 Å². The molecule has 3 heteroatoms. The maximum absolute atomic E-state index is 7.52. The van der Waals surface area contributed by atoms with Gasteiger partial charge in [0.2, 0.25) is 0 Å². The second-order valence-corrected chi connectivity index (χ2v) is 12.9. The van der Waals surface area contributed by atoms with Crippen LogP contribution in [0.5, 0.6) is 0 Å². The molecule has 1 aromatic carbocycles. The molecule has 7 aliphatic rings. The van der Waals surface area contributed by atoms with Crippen LogP contribution in [0, 0.1) is 11.3 Å². The van der Waals surface area contributed by atoms with Crippen LogP contribution in [0.1, 0.15) is 75.8 Å². The summed E-state index contributed by atoms with van der Waals surface area (Å²) in [6.45, 7) is 7.63. The Morgan fingerprint density at radius 3 is 2.68 bits per heavy atom. The van der Waals surface area contributed by atoms with Gasteiger partial charge in [-0.3, -0.25) is 4.90 Å². The largest absolute Gasteiger partial charge is 0.359 e. The zero-order valence-electron chi connectivity index (χ0n) is 20.9. The maximum Gasteiger partial charge on any atom is 0.0975 e. The van der Waals surface area contributed by atoms with Crippen molar-refractivity contribution >= 4 is 0 Å². The molecule has 4 heterocycles. The van der Waals surface area contributed by atoms with Crippen LogP contribution < -0.4 is 0 Å². The van der Waals surface area contributed by atoms with Gasteiger partial charge < -0.3 is 9.64 Å². The molecule has 2 bridgehead atoms. The fraction of sp³-hybridized carbons (Fsp3) is 0.677. The molecule has 4 aliphatic heterocycles. The molecule has 8 rings (SSSR count). The first-order valence-corrected chi connectivity index (χ1v) is 14.3. The molecule has 0 amide bonds. The highest BCUT2D eigenvalue weighted by Crippen LogP contribution is 2.67. The molecule has 0 radical (unpaired) electrons. The van der Waals surface area contributed by atoms with Crippen molar-refractivity contribution in [2.45, 2.75) is 101 Å². The van der Waals surface area contributed by atoms with Gasteiger partial charge in [0.05, 0.1) is 11.2 Å². The molecule has 180 valence electrons. The zero-order valence-corrected chi connectivity index (χ0v) is 20.9. The summed E-state index contributed by atoms with van der Waals surface area (Å²) >= 11 is 0. The van der Waals surface area contributed by atoms with Crippen LogP contribution in [0.2, 0.25) is 0 Å². The van der Waals surface area contributed by atoms with Gasteiger partial charge in [-0.2, -0.15) is 0 Å². The predicted octanol–water partition coefficient (Wildman–Crippen LogP) is 5.65. The van der Waals surface area contributed by atoms with E-state index < -0.39 is 0 Å². The number of allylic oxidation sites excluding steroid dienone is 1. The van der Waals surface area contributed by atoms with Gasteiger partial charge in [0.15, 0.2) is 0 Å². The van der Waals surface area contributed by atoms with E-state index in [-0.39, 0.29) is 11.2 Å². The van der Waals surface area contributed by atoms with Gasteiger partial charge in [-0.25, -0.2) is 0 Å². The number of fused-ring (bicyclic) bond motifs is 2. The molecule has 3 aliphatic carbocycles. The van der Waals surface area contributed by atoms with Gasteiger partial charge in [-0.05, 0) is 111 Å². The van der Waals surface area contributed by atoms with Crippen molar-refractivity contribution < 1.29 is 4.74 Å². The van der Waals surface area contributed by atoms with Crippen LogP contribution in [0.25, 0.3) is 0 Å². The molecule has 2 spiro atoms. The van der Waals surface area contributed by atoms with Crippen LogP contribution in [-0.4, -0.2) is 52.7 Å². The Morgan fingerprint density at radius 2 is 1.82 bits per heavy atom. The summed E-state index contributed by atoms with van der Waals surface area (Å²) in [5.41, 5.74) is 6.73. The molecular formula is C31H40N2O. The fourth-order valence-corrected chi connectivity index (χ4v) is 9.76. The molecule has 34 heavy (non-hydrogen) atoms. The third-order valence-corrected chi connectivity index (χ3v) is 11.6. The standard InChI is InChI=1S/C31H40N2O/c1-29-13-11-25-19-24-7-8-26(32-16-4-17-32)20-30(24)14-15-31(25,34-30)27(29)9-10-28(29)33-18-12-22-5-2-3-6-23(22)21-33/h2-3,5-6,11,19,26-28H,4,7-10,12-18,20-21H2,1H3/t26-,27-,28?,29+,30-,31?/m1/s1. The van der Waals surface area contributed by atoms with Crippen LogP contribution >= 0.6 is 0 Å². The minimum atomic E-state index is -0.00419. The lowest BCUT2D eigenvalue weighted by molar-refractivity contribution is -0.147. The Hall–Kier alpha value is -1.42. The Bertz CT molecular complexity index is 1090. The number of rotatable bonds is 2. The number of nitrogens with zero attached hydrogens (tertiary/aromatic N) is 2. The van der Waals surface area contributed by atoms with E-state index >= 15 is 0 Å². The number of likely N-dealkylation sites (tertiary alicyclic amines) is 1. The summed E-state index contributed by atoms with van der Waals surface area (Å²) in [5, 5.41) is 0. The molecule has 3 nitrogen and oxygen atoms in total. The lowest BCUT2D eigenvalue weighted by Gasteiger charge is -2.56. The normalized spacial score (nSPS) is 45.4. The van der Waals surface area contributed by atoms with E-state index in [9.17, 15) is 0 Å². The van der Waals surface area contributed by atoms with Crippen LogP contribution in [0.4, 0.5) is 0 Å². The number of hydrogen-bond acceptors (Lipinski definition) is 3. The highest BCUT2D eigenvalue weighted by Gasteiger charge is 2.67. The third kappa shape index (κ3) is 2.64. The summed E-state index contributed by atoms with van der Waals surface area (Å²) in [7, 11) is 0. The lowest BCUT2D eigenvalue weighted by atomic mass is 9.59. The molecule has 0 aromatic heterocycles. The Balaban J connectivity index is 1.11. The summed E-state index contributed by atoms with van der Waals surface area (Å²) in [6.07, 6.45) is 18.2. The molecule has 0 N–H and O–H groups in total. The molecule has 1 aromatic rings. The van der Waals surface area contributed by atoms with Crippen molar-refractivity contribution in [1.29, 1.82) is 0 Å². The molecular weight excluding hydrogens is 416 g/mol. The Kier molecular flexibility index (Phi) is 4.32. The number of ether oxygens (including phenoxy) is 1. The average molecular weight is 457 g/mol. The quantitative estimate of drug-likeness (QED) is 0.572. The van der Waals surface area contributed by atoms with E-state index in [2.05, 4.69) is 53.1 Å². The van der Waals surface area contributed by atoms with Gasteiger partial charge in [0.25, 0.3) is 0 Å². The molecule has 6 atom stereocenters. The minimum absolute atomic E-state index is 0.00419. The van der Waals surface area contributed by atoms with Gasteiger partial charge in [-0.15, -0.1) is 0 Å². The SMILES string of the molecule is C[C@]12CC=C3C=C4CC[C@@H](N5CCC5)C[C@]45CCC3(O5)[C@@H]1CCC2N1CCc2ccccc2C1. The fourth-order valence-electron chi connectivity index (χ4n) is 9.76. The maximum atomic E-state index is 7.52. The second-order valence-electron chi connectivity index (χ2n) is 12.9. The Labute approximate surface area is 205 Å². The van der Waals surface area contributed by atoms with E-state index in [0.717, 1.165) is 12.6 Å². The van der Waals surface area contributed by atoms with Gasteiger partial charge in [0, 0.05) is 25.2 Å². The summed E-state index contributed by atoms with van der Waals surface area (Å²) < 4.78 is 7.52. The summed E-state index contributed by atoms with van der Waals surface area (Å²) in [6, 6.07) is 10.6. The van der Waals surface area contributed by atoms with Crippen LogP contribution in [0.15, 0.2) is 47.6 Å².